The Balaban J connectivity index is 2.81. The lowest BCUT2D eigenvalue weighted by molar-refractivity contribution is -0.915. The summed E-state index contributed by atoms with van der Waals surface area (Å²) < 4.78 is 5.87. The standard InChI is InChI=1S/C15H23N2O3/c1-11(2)13(18)9-14(17(3,4)5)20-15(19)12-7-6-8-16-10-12/h6-8,10-11,14H,9H2,1-5H3/q+1. The van der Waals surface area contributed by atoms with Crippen LogP contribution in [-0.4, -0.2) is 48.6 Å². The maximum absolute atomic E-state index is 12.1. The summed E-state index contributed by atoms with van der Waals surface area (Å²) >= 11 is 0. The molecular weight excluding hydrogens is 256 g/mol. The molecule has 1 heterocycles. The molecule has 1 rings (SSSR count). The monoisotopic (exact) mass is 279 g/mol. The van der Waals surface area contributed by atoms with E-state index in [9.17, 15) is 9.59 Å². The van der Waals surface area contributed by atoms with E-state index in [0.29, 0.717) is 10.0 Å². The molecule has 5 heteroatoms. The van der Waals surface area contributed by atoms with Crippen LogP contribution in [0.3, 0.4) is 0 Å². The first-order valence-corrected chi connectivity index (χ1v) is 6.66. The van der Waals surface area contributed by atoms with Crippen LogP contribution in [0.1, 0.15) is 30.6 Å². The number of esters is 1. The minimum Gasteiger partial charge on any atom is -0.408 e. The van der Waals surface area contributed by atoms with Gasteiger partial charge in [-0.15, -0.1) is 0 Å². The molecule has 0 aliphatic carbocycles. The molecule has 0 bridgehead atoms. The van der Waals surface area contributed by atoms with Crippen LogP contribution in [0, 0.1) is 5.92 Å². The first-order valence-electron chi connectivity index (χ1n) is 6.66. The highest BCUT2D eigenvalue weighted by Gasteiger charge is 2.31. The quantitative estimate of drug-likeness (QED) is 0.453. The van der Waals surface area contributed by atoms with Crippen molar-refractivity contribution >= 4 is 11.8 Å². The summed E-state index contributed by atoms with van der Waals surface area (Å²) in [6.45, 7) is 3.69. The normalized spacial score (nSPS) is 13.1. The van der Waals surface area contributed by atoms with Gasteiger partial charge in [0.2, 0.25) is 6.23 Å². The Hall–Kier alpha value is -1.75. The van der Waals surface area contributed by atoms with Gasteiger partial charge in [0.05, 0.1) is 33.1 Å². The van der Waals surface area contributed by atoms with Crippen molar-refractivity contribution in [2.75, 3.05) is 21.1 Å². The second-order valence-electron chi connectivity index (χ2n) is 6.04. The van der Waals surface area contributed by atoms with Gasteiger partial charge < -0.3 is 4.74 Å². The Morgan fingerprint density at radius 2 is 1.95 bits per heavy atom. The summed E-state index contributed by atoms with van der Waals surface area (Å²) in [5.41, 5.74) is 0.392. The van der Waals surface area contributed by atoms with Crippen LogP contribution >= 0.6 is 0 Å². The van der Waals surface area contributed by atoms with Crippen LogP contribution in [-0.2, 0) is 9.53 Å². The fourth-order valence-electron chi connectivity index (χ4n) is 1.56. The number of carbonyl (C=O) groups is 2. The highest BCUT2D eigenvalue weighted by molar-refractivity contribution is 5.89. The number of aromatic nitrogens is 1. The molecule has 0 saturated heterocycles. The number of ketones is 1. The topological polar surface area (TPSA) is 56.3 Å². The summed E-state index contributed by atoms with van der Waals surface area (Å²) in [6, 6.07) is 3.32. The van der Waals surface area contributed by atoms with Crippen LogP contribution < -0.4 is 0 Å². The van der Waals surface area contributed by atoms with E-state index in [1.54, 1.807) is 18.3 Å². The van der Waals surface area contributed by atoms with Crippen molar-refractivity contribution in [2.45, 2.75) is 26.5 Å². The Morgan fingerprint density at radius 3 is 2.40 bits per heavy atom. The second-order valence-corrected chi connectivity index (χ2v) is 6.04. The zero-order chi connectivity index (χ0) is 15.3. The molecule has 1 aromatic heterocycles. The average molecular weight is 279 g/mol. The lowest BCUT2D eigenvalue weighted by atomic mass is 10.0. The van der Waals surface area contributed by atoms with Crippen LogP contribution in [0.2, 0.25) is 0 Å². The first kappa shape index (κ1) is 16.3. The lowest BCUT2D eigenvalue weighted by Crippen LogP contribution is -2.49. The highest BCUT2D eigenvalue weighted by Crippen LogP contribution is 2.15. The molecule has 0 fully saturated rings. The van der Waals surface area contributed by atoms with Gasteiger partial charge in [-0.25, -0.2) is 4.79 Å². The molecule has 0 N–H and O–H groups in total. The number of hydrogen-bond acceptors (Lipinski definition) is 4. The van der Waals surface area contributed by atoms with Crippen molar-refractivity contribution in [1.29, 1.82) is 0 Å². The van der Waals surface area contributed by atoms with Crippen LogP contribution in [0.4, 0.5) is 0 Å². The number of Topliss-reactive ketones (excluding diaryl/α,β-unsaturated/α-hetero) is 1. The maximum Gasteiger partial charge on any atom is 0.344 e. The molecule has 0 aromatic carbocycles. The molecule has 0 aliphatic rings. The van der Waals surface area contributed by atoms with Gasteiger partial charge in [0, 0.05) is 18.3 Å². The Labute approximate surface area is 120 Å². The third-order valence-corrected chi connectivity index (χ3v) is 3.02. The van der Waals surface area contributed by atoms with Gasteiger partial charge in [0.1, 0.15) is 5.78 Å². The largest absolute Gasteiger partial charge is 0.408 e. The molecule has 0 radical (unpaired) electrons. The molecule has 110 valence electrons. The predicted octanol–water partition coefficient (Wildman–Crippen LogP) is 1.89. The van der Waals surface area contributed by atoms with Crippen molar-refractivity contribution in [3.8, 4) is 0 Å². The van der Waals surface area contributed by atoms with E-state index in [1.807, 2.05) is 35.0 Å². The molecule has 1 unspecified atom stereocenters. The van der Waals surface area contributed by atoms with E-state index in [4.69, 9.17) is 4.74 Å². The van der Waals surface area contributed by atoms with E-state index >= 15 is 0 Å². The van der Waals surface area contributed by atoms with E-state index < -0.39 is 12.2 Å². The third-order valence-electron chi connectivity index (χ3n) is 3.02. The zero-order valence-corrected chi connectivity index (χ0v) is 12.8. The molecule has 0 aliphatic heterocycles. The van der Waals surface area contributed by atoms with Crippen molar-refractivity contribution in [1.82, 2.24) is 4.98 Å². The third kappa shape index (κ3) is 4.74. The minimum atomic E-state index is -0.502. The molecule has 1 aromatic rings. The van der Waals surface area contributed by atoms with Crippen molar-refractivity contribution in [2.24, 2.45) is 5.92 Å². The molecule has 0 saturated carbocycles. The van der Waals surface area contributed by atoms with E-state index in [1.165, 1.54) is 6.20 Å². The summed E-state index contributed by atoms with van der Waals surface area (Å²) in [5.74, 6) is -0.434. The summed E-state index contributed by atoms with van der Waals surface area (Å²) in [5, 5.41) is 0. The molecular formula is C15H23N2O3+. The Kier molecular flexibility index (Phi) is 5.39. The van der Waals surface area contributed by atoms with Gasteiger partial charge >= 0.3 is 5.97 Å². The van der Waals surface area contributed by atoms with Crippen LogP contribution in [0.15, 0.2) is 24.5 Å². The maximum atomic E-state index is 12.1. The Morgan fingerprint density at radius 1 is 1.30 bits per heavy atom. The smallest absolute Gasteiger partial charge is 0.344 e. The van der Waals surface area contributed by atoms with Crippen LogP contribution in [0.5, 0.6) is 0 Å². The van der Waals surface area contributed by atoms with E-state index in [-0.39, 0.29) is 18.1 Å². The zero-order valence-electron chi connectivity index (χ0n) is 12.8. The number of nitrogens with zero attached hydrogens (tertiary/aromatic N) is 2. The van der Waals surface area contributed by atoms with Gasteiger partial charge in [-0.2, -0.15) is 0 Å². The summed E-state index contributed by atoms with van der Waals surface area (Å²) in [6.07, 6.45) is 2.76. The minimum absolute atomic E-state index is 0.0684. The average Bonchev–Trinajstić information content (AvgIpc) is 2.37. The summed E-state index contributed by atoms with van der Waals surface area (Å²) in [4.78, 5) is 27.9. The van der Waals surface area contributed by atoms with Gasteiger partial charge in [-0.3, -0.25) is 14.3 Å². The van der Waals surface area contributed by atoms with Gasteiger partial charge in [-0.1, -0.05) is 13.8 Å². The van der Waals surface area contributed by atoms with Crippen molar-refractivity contribution < 1.29 is 18.8 Å². The predicted molar refractivity (Wildman–Crippen MR) is 75.9 cm³/mol. The van der Waals surface area contributed by atoms with Crippen molar-refractivity contribution in [3.05, 3.63) is 30.1 Å². The lowest BCUT2D eigenvalue weighted by Gasteiger charge is -2.33. The van der Waals surface area contributed by atoms with E-state index in [2.05, 4.69) is 4.98 Å². The fourth-order valence-corrected chi connectivity index (χ4v) is 1.56. The number of pyridine rings is 1. The number of ether oxygens (including phenoxy) is 1. The molecule has 0 spiro atoms. The van der Waals surface area contributed by atoms with Crippen LogP contribution in [0.25, 0.3) is 0 Å². The van der Waals surface area contributed by atoms with Gasteiger partial charge in [0.15, 0.2) is 0 Å². The SMILES string of the molecule is CC(C)C(=O)CC(OC(=O)c1cccnc1)[N+](C)(C)C. The van der Waals surface area contributed by atoms with Gasteiger partial charge in [-0.05, 0) is 12.1 Å². The first-order chi connectivity index (χ1) is 9.21. The Bertz CT molecular complexity index is 464. The number of quaternary nitrogens is 1. The van der Waals surface area contributed by atoms with Crippen molar-refractivity contribution in [3.63, 3.8) is 0 Å². The number of hydrogen-bond donors (Lipinski definition) is 0. The molecule has 5 nitrogen and oxygen atoms in total. The number of rotatable bonds is 6. The second kappa shape index (κ2) is 6.61. The molecule has 0 amide bonds. The summed E-state index contributed by atoms with van der Waals surface area (Å²) in [7, 11) is 5.69. The molecule has 1 atom stereocenters. The highest BCUT2D eigenvalue weighted by atomic mass is 16.6. The fraction of sp³-hybridized carbons (Fsp3) is 0.533. The number of carbonyl (C=O) groups excluding carboxylic acids is 2. The van der Waals surface area contributed by atoms with Gasteiger partial charge in [0.25, 0.3) is 0 Å². The van der Waals surface area contributed by atoms with E-state index in [0.717, 1.165) is 0 Å². The molecule has 20 heavy (non-hydrogen) atoms.